The largest absolute Gasteiger partial charge is 0.478 e. The molecule has 28 heavy (non-hydrogen) atoms. The van der Waals surface area contributed by atoms with Crippen molar-refractivity contribution in [1.29, 1.82) is 0 Å². The van der Waals surface area contributed by atoms with Crippen LogP contribution < -0.4 is 5.32 Å². The van der Waals surface area contributed by atoms with Crippen molar-refractivity contribution in [2.75, 3.05) is 18.4 Å². The summed E-state index contributed by atoms with van der Waals surface area (Å²) in [6.45, 7) is 1.95. The van der Waals surface area contributed by atoms with E-state index in [9.17, 15) is 14.7 Å². The van der Waals surface area contributed by atoms with Crippen molar-refractivity contribution >= 4 is 53.2 Å². The Morgan fingerprint density at radius 1 is 1.25 bits per heavy atom. The summed E-state index contributed by atoms with van der Waals surface area (Å²) in [5, 5.41) is 13.2. The monoisotopic (exact) mass is 441 g/mol. The van der Waals surface area contributed by atoms with Gasteiger partial charge in [-0.1, -0.05) is 23.2 Å². The van der Waals surface area contributed by atoms with Gasteiger partial charge in [0.25, 0.3) is 0 Å². The van der Waals surface area contributed by atoms with Gasteiger partial charge < -0.3 is 10.4 Å². The lowest BCUT2D eigenvalue weighted by Crippen LogP contribution is -2.46. The van der Waals surface area contributed by atoms with Crippen molar-refractivity contribution in [3.63, 3.8) is 0 Å². The molecule has 1 spiro atoms. The number of halogens is 3. The van der Waals surface area contributed by atoms with Crippen LogP contribution in [0.4, 0.5) is 5.69 Å². The number of hydrogen-bond donors (Lipinski definition) is 2. The van der Waals surface area contributed by atoms with Crippen LogP contribution >= 0.6 is 35.6 Å². The van der Waals surface area contributed by atoms with Crippen molar-refractivity contribution < 1.29 is 14.7 Å². The Kier molecular flexibility index (Phi) is 5.87. The van der Waals surface area contributed by atoms with Crippen LogP contribution in [0.25, 0.3) is 0 Å². The Bertz CT molecular complexity index is 943. The van der Waals surface area contributed by atoms with Gasteiger partial charge in [-0.25, -0.2) is 4.79 Å². The van der Waals surface area contributed by atoms with Crippen molar-refractivity contribution in [2.45, 2.75) is 24.8 Å². The lowest BCUT2D eigenvalue weighted by Gasteiger charge is -2.38. The zero-order valence-corrected chi connectivity index (χ0v) is 17.1. The number of carbonyl (C=O) groups excluding carboxylic acids is 1. The fraction of sp³-hybridized carbons (Fsp3) is 0.316. The number of hydrogen-bond acceptors (Lipinski definition) is 4. The molecule has 1 saturated heterocycles. The zero-order valence-electron chi connectivity index (χ0n) is 14.7. The fourth-order valence-corrected chi connectivity index (χ4v) is 4.35. The topological polar surface area (TPSA) is 82.5 Å². The third-order valence-corrected chi connectivity index (χ3v) is 5.97. The van der Waals surface area contributed by atoms with Crippen LogP contribution in [0.1, 0.15) is 34.5 Å². The molecule has 4 rings (SSSR count). The van der Waals surface area contributed by atoms with E-state index in [-0.39, 0.29) is 23.9 Å². The SMILES string of the molecule is Cl.O=C(O)c1ccc2c(c1)C1(CCN(Cc3ncc(Cl)cc3Cl)CC1)C(=O)N2. The van der Waals surface area contributed by atoms with Gasteiger partial charge in [-0.15, -0.1) is 12.4 Å². The van der Waals surface area contributed by atoms with E-state index in [1.54, 1.807) is 24.4 Å². The fourth-order valence-electron chi connectivity index (χ4n) is 3.91. The van der Waals surface area contributed by atoms with Crippen LogP contribution in [0.3, 0.4) is 0 Å². The average Bonchev–Trinajstić information content (AvgIpc) is 2.90. The second-order valence-electron chi connectivity index (χ2n) is 6.96. The first kappa shape index (κ1) is 20.9. The first-order chi connectivity index (χ1) is 12.9. The maximum Gasteiger partial charge on any atom is 0.335 e. The van der Waals surface area contributed by atoms with Crippen molar-refractivity contribution in [3.8, 4) is 0 Å². The highest BCUT2D eigenvalue weighted by atomic mass is 35.5. The van der Waals surface area contributed by atoms with E-state index in [1.165, 1.54) is 6.07 Å². The molecule has 0 unspecified atom stereocenters. The second kappa shape index (κ2) is 7.87. The molecule has 0 saturated carbocycles. The molecular formula is C19H18Cl3N3O3. The number of nitrogens with zero attached hydrogens (tertiary/aromatic N) is 2. The molecular weight excluding hydrogens is 425 g/mol. The van der Waals surface area contributed by atoms with Crippen LogP contribution in [0.15, 0.2) is 30.5 Å². The van der Waals surface area contributed by atoms with Gasteiger partial charge >= 0.3 is 5.97 Å². The van der Waals surface area contributed by atoms with Gasteiger partial charge in [-0.2, -0.15) is 0 Å². The minimum absolute atomic E-state index is 0. The van der Waals surface area contributed by atoms with Crippen LogP contribution in [0.5, 0.6) is 0 Å². The summed E-state index contributed by atoms with van der Waals surface area (Å²) >= 11 is 12.1. The minimum Gasteiger partial charge on any atom is -0.478 e. The molecule has 0 aliphatic carbocycles. The van der Waals surface area contributed by atoms with Gasteiger partial charge in [0.15, 0.2) is 0 Å². The number of anilines is 1. The minimum atomic E-state index is -0.992. The quantitative estimate of drug-likeness (QED) is 0.751. The molecule has 0 atom stereocenters. The summed E-state index contributed by atoms with van der Waals surface area (Å²) in [6, 6.07) is 6.49. The molecule has 1 amide bonds. The molecule has 0 bridgehead atoms. The van der Waals surface area contributed by atoms with Gasteiger partial charge in [0.05, 0.1) is 26.7 Å². The lowest BCUT2D eigenvalue weighted by atomic mass is 9.73. The van der Waals surface area contributed by atoms with E-state index in [0.717, 1.165) is 11.3 Å². The molecule has 1 aromatic heterocycles. The number of aromatic nitrogens is 1. The van der Waals surface area contributed by atoms with Crippen molar-refractivity contribution in [2.24, 2.45) is 0 Å². The number of piperidine rings is 1. The smallest absolute Gasteiger partial charge is 0.335 e. The summed E-state index contributed by atoms with van der Waals surface area (Å²) < 4.78 is 0. The molecule has 2 aromatic rings. The summed E-state index contributed by atoms with van der Waals surface area (Å²) in [5.41, 5.74) is 1.77. The Balaban J connectivity index is 0.00000225. The number of amides is 1. The Labute approximate surface area is 178 Å². The molecule has 3 heterocycles. The molecule has 9 heteroatoms. The molecule has 0 radical (unpaired) electrons. The number of pyridine rings is 1. The van der Waals surface area contributed by atoms with Gasteiger partial charge in [-0.3, -0.25) is 14.7 Å². The molecule has 1 fully saturated rings. The third kappa shape index (κ3) is 3.57. The number of carboxylic acids is 1. The van der Waals surface area contributed by atoms with Crippen LogP contribution in [-0.2, 0) is 16.8 Å². The summed E-state index contributed by atoms with van der Waals surface area (Å²) in [5.74, 6) is -1.05. The van der Waals surface area contributed by atoms with E-state index in [0.29, 0.717) is 48.2 Å². The van der Waals surface area contributed by atoms with E-state index in [4.69, 9.17) is 23.2 Å². The molecule has 2 aliphatic rings. The Morgan fingerprint density at radius 3 is 2.61 bits per heavy atom. The van der Waals surface area contributed by atoms with Gasteiger partial charge in [-0.05, 0) is 55.8 Å². The van der Waals surface area contributed by atoms with E-state index in [2.05, 4.69) is 15.2 Å². The van der Waals surface area contributed by atoms with Gasteiger partial charge in [0.1, 0.15) is 0 Å². The van der Waals surface area contributed by atoms with Crippen molar-refractivity contribution in [3.05, 3.63) is 57.3 Å². The third-order valence-electron chi connectivity index (χ3n) is 5.43. The predicted octanol–water partition coefficient (Wildman–Crippen LogP) is 3.99. The van der Waals surface area contributed by atoms with Gasteiger partial charge in [0.2, 0.25) is 5.91 Å². The van der Waals surface area contributed by atoms with E-state index >= 15 is 0 Å². The summed E-state index contributed by atoms with van der Waals surface area (Å²) in [4.78, 5) is 30.5. The lowest BCUT2D eigenvalue weighted by molar-refractivity contribution is -0.122. The Hall–Kier alpha value is -1.86. The first-order valence-electron chi connectivity index (χ1n) is 8.61. The number of carboxylic acid groups (broad SMARTS) is 1. The summed E-state index contributed by atoms with van der Waals surface area (Å²) in [7, 11) is 0. The van der Waals surface area contributed by atoms with E-state index < -0.39 is 11.4 Å². The highest BCUT2D eigenvalue weighted by Gasteiger charge is 2.48. The number of fused-ring (bicyclic) bond motifs is 2. The standard InChI is InChI=1S/C19H17Cl2N3O3.ClH/c20-12-8-14(21)16(22-9-12)10-24-5-3-19(4-6-24)13-7-11(17(25)26)1-2-15(13)23-18(19)27;/h1-2,7-9H,3-6,10H2,(H,23,27)(H,25,26);1H. The number of aromatic carboxylic acids is 1. The highest BCUT2D eigenvalue weighted by Crippen LogP contribution is 2.45. The maximum absolute atomic E-state index is 12.7. The molecule has 1 aromatic carbocycles. The molecule has 2 N–H and O–H groups in total. The zero-order chi connectivity index (χ0) is 19.2. The van der Waals surface area contributed by atoms with E-state index in [1.807, 2.05) is 0 Å². The number of rotatable bonds is 3. The van der Waals surface area contributed by atoms with Crippen LogP contribution in [-0.4, -0.2) is 40.0 Å². The normalized spacial score (nSPS) is 17.7. The van der Waals surface area contributed by atoms with Crippen molar-refractivity contribution in [1.82, 2.24) is 9.88 Å². The summed E-state index contributed by atoms with van der Waals surface area (Å²) in [6.07, 6.45) is 2.79. The predicted molar refractivity (Wildman–Crippen MR) is 110 cm³/mol. The maximum atomic E-state index is 12.7. The highest BCUT2D eigenvalue weighted by molar-refractivity contribution is 6.34. The van der Waals surface area contributed by atoms with Crippen LogP contribution in [0, 0.1) is 0 Å². The number of likely N-dealkylation sites (tertiary alicyclic amines) is 1. The molecule has 2 aliphatic heterocycles. The van der Waals surface area contributed by atoms with Crippen LogP contribution in [0.2, 0.25) is 10.0 Å². The molecule has 6 nitrogen and oxygen atoms in total. The molecule has 148 valence electrons. The number of carbonyl (C=O) groups is 2. The first-order valence-corrected chi connectivity index (χ1v) is 9.36. The average molecular weight is 443 g/mol. The van der Waals surface area contributed by atoms with Gasteiger partial charge in [0, 0.05) is 18.4 Å². The number of benzene rings is 1. The second-order valence-corrected chi connectivity index (χ2v) is 7.80. The number of nitrogens with one attached hydrogen (secondary N) is 1. The Morgan fingerprint density at radius 2 is 1.96 bits per heavy atom.